The first kappa shape index (κ1) is 14.6. The zero-order valence-electron chi connectivity index (χ0n) is 13.0. The number of rotatable bonds is 4. The van der Waals surface area contributed by atoms with Gasteiger partial charge in [0.2, 0.25) is 5.91 Å². The molecule has 0 radical (unpaired) electrons. The van der Waals surface area contributed by atoms with E-state index in [1.54, 1.807) is 0 Å². The van der Waals surface area contributed by atoms with Crippen LogP contribution < -0.4 is 5.32 Å². The number of benzene rings is 1. The number of carbonyl (C=O) groups is 1. The van der Waals surface area contributed by atoms with E-state index in [0.717, 1.165) is 19.6 Å². The second-order valence-corrected chi connectivity index (χ2v) is 6.73. The summed E-state index contributed by atoms with van der Waals surface area (Å²) in [6.45, 7) is 5.56. The minimum atomic E-state index is 0.178. The lowest BCUT2D eigenvalue weighted by atomic mass is 9.76. The van der Waals surface area contributed by atoms with Crippen LogP contribution in [0.5, 0.6) is 0 Å². The highest BCUT2D eigenvalue weighted by atomic mass is 16.2. The molecule has 2 fully saturated rings. The van der Waals surface area contributed by atoms with Crippen LogP contribution in [-0.2, 0) is 10.2 Å². The molecule has 1 amide bonds. The van der Waals surface area contributed by atoms with Gasteiger partial charge in [-0.3, -0.25) is 9.69 Å². The molecule has 3 rings (SSSR count). The summed E-state index contributed by atoms with van der Waals surface area (Å²) >= 11 is 0. The summed E-state index contributed by atoms with van der Waals surface area (Å²) in [5.41, 5.74) is 3.19. The number of piperazine rings is 1. The average Bonchev–Trinajstić information content (AvgIpc) is 2.96. The second kappa shape index (κ2) is 6.18. The zero-order chi connectivity index (χ0) is 14.7. The molecule has 2 aliphatic rings. The number of amides is 1. The quantitative estimate of drug-likeness (QED) is 0.923. The SMILES string of the molecule is Cc1ccc(C2(CCN3CCNC(=O)C3)CCCC2)cc1. The van der Waals surface area contributed by atoms with Gasteiger partial charge < -0.3 is 5.32 Å². The highest BCUT2D eigenvalue weighted by Gasteiger charge is 2.35. The lowest BCUT2D eigenvalue weighted by molar-refractivity contribution is -0.124. The smallest absolute Gasteiger partial charge is 0.234 e. The monoisotopic (exact) mass is 286 g/mol. The standard InChI is InChI=1S/C18H26N2O/c1-15-4-6-16(7-5-15)18(8-2-3-9-18)10-12-20-13-11-19-17(21)14-20/h4-7H,2-3,8-14H2,1H3,(H,19,21). The van der Waals surface area contributed by atoms with Crippen LogP contribution in [0.4, 0.5) is 0 Å². The summed E-state index contributed by atoms with van der Waals surface area (Å²) in [6.07, 6.45) is 6.47. The van der Waals surface area contributed by atoms with Crippen LogP contribution in [0.25, 0.3) is 0 Å². The highest BCUT2D eigenvalue weighted by Crippen LogP contribution is 2.44. The third-order valence-electron chi connectivity index (χ3n) is 5.25. The average molecular weight is 286 g/mol. The fourth-order valence-corrected chi connectivity index (χ4v) is 3.90. The number of hydrogen-bond donors (Lipinski definition) is 1. The van der Waals surface area contributed by atoms with E-state index in [2.05, 4.69) is 41.4 Å². The molecule has 0 aromatic heterocycles. The molecule has 3 nitrogen and oxygen atoms in total. The van der Waals surface area contributed by atoms with Gasteiger partial charge in [-0.2, -0.15) is 0 Å². The molecular formula is C18H26N2O. The normalized spacial score (nSPS) is 22.2. The van der Waals surface area contributed by atoms with E-state index in [4.69, 9.17) is 0 Å². The van der Waals surface area contributed by atoms with Gasteiger partial charge >= 0.3 is 0 Å². The van der Waals surface area contributed by atoms with Crippen molar-refractivity contribution in [3.05, 3.63) is 35.4 Å². The summed E-state index contributed by atoms with van der Waals surface area (Å²) in [5.74, 6) is 0.178. The molecule has 0 unspecified atom stereocenters. The molecule has 1 aliphatic carbocycles. The van der Waals surface area contributed by atoms with E-state index < -0.39 is 0 Å². The third kappa shape index (κ3) is 3.29. The lowest BCUT2D eigenvalue weighted by Gasteiger charge is -2.34. The second-order valence-electron chi connectivity index (χ2n) is 6.73. The van der Waals surface area contributed by atoms with Gasteiger partial charge in [0.05, 0.1) is 6.54 Å². The highest BCUT2D eigenvalue weighted by molar-refractivity contribution is 5.78. The Labute approximate surface area is 127 Å². The van der Waals surface area contributed by atoms with Crippen molar-refractivity contribution < 1.29 is 4.79 Å². The van der Waals surface area contributed by atoms with Gasteiger partial charge in [0, 0.05) is 13.1 Å². The predicted octanol–water partition coefficient (Wildman–Crippen LogP) is 2.63. The Bertz CT molecular complexity index is 488. The number of nitrogens with one attached hydrogen (secondary N) is 1. The molecule has 1 aliphatic heterocycles. The van der Waals surface area contributed by atoms with Crippen molar-refractivity contribution >= 4 is 5.91 Å². The van der Waals surface area contributed by atoms with E-state index in [1.807, 2.05) is 0 Å². The summed E-state index contributed by atoms with van der Waals surface area (Å²) in [5, 5.41) is 2.91. The van der Waals surface area contributed by atoms with Gasteiger partial charge in [0.1, 0.15) is 0 Å². The molecule has 0 atom stereocenters. The van der Waals surface area contributed by atoms with Gasteiger partial charge in [0.15, 0.2) is 0 Å². The zero-order valence-corrected chi connectivity index (χ0v) is 13.0. The van der Waals surface area contributed by atoms with Crippen molar-refractivity contribution in [1.82, 2.24) is 10.2 Å². The molecule has 3 heteroatoms. The summed E-state index contributed by atoms with van der Waals surface area (Å²) in [4.78, 5) is 13.8. The third-order valence-corrected chi connectivity index (χ3v) is 5.25. The Morgan fingerprint density at radius 3 is 2.57 bits per heavy atom. The molecule has 1 aromatic carbocycles. The first-order valence-electron chi connectivity index (χ1n) is 8.24. The van der Waals surface area contributed by atoms with E-state index in [-0.39, 0.29) is 5.91 Å². The van der Waals surface area contributed by atoms with Crippen LogP contribution in [0.15, 0.2) is 24.3 Å². The van der Waals surface area contributed by atoms with Crippen LogP contribution in [-0.4, -0.2) is 37.0 Å². The molecule has 1 N–H and O–H groups in total. The largest absolute Gasteiger partial charge is 0.354 e. The molecule has 1 aromatic rings. The van der Waals surface area contributed by atoms with Gasteiger partial charge in [0.25, 0.3) is 0 Å². The van der Waals surface area contributed by atoms with E-state index in [9.17, 15) is 4.79 Å². The van der Waals surface area contributed by atoms with Crippen molar-refractivity contribution in [3.63, 3.8) is 0 Å². The summed E-state index contributed by atoms with van der Waals surface area (Å²) in [7, 11) is 0. The maximum atomic E-state index is 11.5. The minimum absolute atomic E-state index is 0.178. The van der Waals surface area contributed by atoms with Crippen LogP contribution >= 0.6 is 0 Å². The van der Waals surface area contributed by atoms with Gasteiger partial charge in [-0.15, -0.1) is 0 Å². The van der Waals surface area contributed by atoms with Crippen LogP contribution in [0.1, 0.15) is 43.2 Å². The van der Waals surface area contributed by atoms with Crippen LogP contribution in [0.3, 0.4) is 0 Å². The van der Waals surface area contributed by atoms with E-state index in [0.29, 0.717) is 12.0 Å². The van der Waals surface area contributed by atoms with Crippen molar-refractivity contribution in [2.24, 2.45) is 0 Å². The Morgan fingerprint density at radius 2 is 1.90 bits per heavy atom. The number of hydrogen-bond acceptors (Lipinski definition) is 2. The minimum Gasteiger partial charge on any atom is -0.354 e. The van der Waals surface area contributed by atoms with Gasteiger partial charge in [-0.25, -0.2) is 0 Å². The topological polar surface area (TPSA) is 32.3 Å². The Hall–Kier alpha value is -1.35. The molecule has 0 spiro atoms. The predicted molar refractivity (Wildman–Crippen MR) is 85.4 cm³/mol. The number of carbonyl (C=O) groups excluding carboxylic acids is 1. The summed E-state index contributed by atoms with van der Waals surface area (Å²) in [6, 6.07) is 9.13. The molecule has 1 saturated carbocycles. The fourth-order valence-electron chi connectivity index (χ4n) is 3.90. The molecule has 1 heterocycles. The molecule has 1 saturated heterocycles. The first-order valence-corrected chi connectivity index (χ1v) is 8.24. The van der Waals surface area contributed by atoms with Crippen molar-refractivity contribution in [3.8, 4) is 0 Å². The van der Waals surface area contributed by atoms with Crippen LogP contribution in [0.2, 0.25) is 0 Å². The Balaban J connectivity index is 1.69. The maximum absolute atomic E-state index is 11.5. The van der Waals surface area contributed by atoms with Crippen molar-refractivity contribution in [2.75, 3.05) is 26.2 Å². The summed E-state index contributed by atoms with van der Waals surface area (Å²) < 4.78 is 0. The molecule has 0 bridgehead atoms. The van der Waals surface area contributed by atoms with E-state index >= 15 is 0 Å². The fraction of sp³-hybridized carbons (Fsp3) is 0.611. The number of nitrogens with zero attached hydrogens (tertiary/aromatic N) is 1. The van der Waals surface area contributed by atoms with Gasteiger partial charge in [-0.05, 0) is 43.7 Å². The maximum Gasteiger partial charge on any atom is 0.234 e. The first-order chi connectivity index (χ1) is 10.2. The van der Waals surface area contributed by atoms with Crippen molar-refractivity contribution in [2.45, 2.75) is 44.4 Å². The van der Waals surface area contributed by atoms with E-state index in [1.165, 1.54) is 43.2 Å². The van der Waals surface area contributed by atoms with Crippen LogP contribution in [0, 0.1) is 6.92 Å². The Kier molecular flexibility index (Phi) is 4.29. The molecular weight excluding hydrogens is 260 g/mol. The van der Waals surface area contributed by atoms with Crippen molar-refractivity contribution in [1.29, 1.82) is 0 Å². The molecule has 114 valence electrons. The lowest BCUT2D eigenvalue weighted by Crippen LogP contribution is -2.48. The molecule has 21 heavy (non-hydrogen) atoms. The Morgan fingerprint density at radius 1 is 1.19 bits per heavy atom. The number of aryl methyl sites for hydroxylation is 1. The van der Waals surface area contributed by atoms with Gasteiger partial charge in [-0.1, -0.05) is 42.7 Å².